The lowest BCUT2D eigenvalue weighted by atomic mass is 9.93. The van der Waals surface area contributed by atoms with E-state index >= 15 is 0 Å². The average Bonchev–Trinajstić information content (AvgIpc) is 2.36. The zero-order valence-electron chi connectivity index (χ0n) is 11.2. The normalized spacial score (nSPS) is 11.4. The molecule has 0 fully saturated rings. The fraction of sp³-hybridized carbons (Fsp3) is 0.500. The van der Waals surface area contributed by atoms with Crippen molar-refractivity contribution in [1.82, 2.24) is 4.90 Å². The van der Waals surface area contributed by atoms with Gasteiger partial charge in [-0.05, 0) is 65.7 Å². The first-order valence-electron chi connectivity index (χ1n) is 6.14. The maximum absolute atomic E-state index is 12.4. The predicted octanol–water partition coefficient (Wildman–Crippen LogP) is 2.74. The van der Waals surface area contributed by atoms with Crippen LogP contribution in [0.2, 0.25) is 0 Å². The van der Waals surface area contributed by atoms with Crippen molar-refractivity contribution < 1.29 is 4.79 Å². The van der Waals surface area contributed by atoms with Crippen molar-refractivity contribution in [2.75, 3.05) is 19.6 Å². The summed E-state index contributed by atoms with van der Waals surface area (Å²) in [5, 5.41) is 0. The highest BCUT2D eigenvalue weighted by atomic mass is 127. The third kappa shape index (κ3) is 4.24. The van der Waals surface area contributed by atoms with Crippen LogP contribution < -0.4 is 5.73 Å². The third-order valence-corrected chi connectivity index (χ3v) is 3.65. The Labute approximate surface area is 123 Å². The first kappa shape index (κ1) is 15.4. The fourth-order valence-corrected chi connectivity index (χ4v) is 2.04. The molecule has 1 aromatic carbocycles. The number of benzene rings is 1. The molecule has 0 saturated heterocycles. The van der Waals surface area contributed by atoms with E-state index in [0.717, 1.165) is 9.13 Å². The SMILES string of the molecule is CCN(CC(C)(C)CN)C(=O)c1ccc(I)cc1. The Morgan fingerprint density at radius 3 is 2.33 bits per heavy atom. The van der Waals surface area contributed by atoms with Crippen LogP contribution in [0.25, 0.3) is 0 Å². The highest BCUT2D eigenvalue weighted by Crippen LogP contribution is 2.17. The smallest absolute Gasteiger partial charge is 0.253 e. The van der Waals surface area contributed by atoms with Gasteiger partial charge in [0.15, 0.2) is 0 Å². The molecule has 0 heterocycles. The van der Waals surface area contributed by atoms with Gasteiger partial charge in [-0.1, -0.05) is 13.8 Å². The Balaban J connectivity index is 2.82. The van der Waals surface area contributed by atoms with Gasteiger partial charge in [-0.3, -0.25) is 4.79 Å². The highest BCUT2D eigenvalue weighted by molar-refractivity contribution is 14.1. The standard InChI is InChI=1S/C14H21IN2O/c1-4-17(10-14(2,3)9-16)13(18)11-5-7-12(15)8-6-11/h5-8H,4,9-10,16H2,1-3H3. The van der Waals surface area contributed by atoms with Crippen molar-refractivity contribution in [2.45, 2.75) is 20.8 Å². The van der Waals surface area contributed by atoms with E-state index in [9.17, 15) is 4.79 Å². The van der Waals surface area contributed by atoms with Gasteiger partial charge in [0.2, 0.25) is 0 Å². The molecule has 0 aromatic heterocycles. The summed E-state index contributed by atoms with van der Waals surface area (Å²) >= 11 is 2.23. The molecule has 0 unspecified atom stereocenters. The van der Waals surface area contributed by atoms with E-state index in [1.54, 1.807) is 0 Å². The molecule has 0 radical (unpaired) electrons. The lowest BCUT2D eigenvalue weighted by Gasteiger charge is -2.31. The second-order valence-corrected chi connectivity index (χ2v) is 6.44. The summed E-state index contributed by atoms with van der Waals surface area (Å²) < 4.78 is 1.13. The molecule has 18 heavy (non-hydrogen) atoms. The van der Waals surface area contributed by atoms with Gasteiger partial charge in [0.25, 0.3) is 5.91 Å². The third-order valence-electron chi connectivity index (χ3n) is 2.93. The molecule has 0 aliphatic heterocycles. The van der Waals surface area contributed by atoms with Crippen LogP contribution in [-0.4, -0.2) is 30.4 Å². The van der Waals surface area contributed by atoms with E-state index in [-0.39, 0.29) is 11.3 Å². The molecule has 1 rings (SSSR count). The van der Waals surface area contributed by atoms with Crippen LogP contribution in [0.4, 0.5) is 0 Å². The first-order chi connectivity index (χ1) is 8.39. The van der Waals surface area contributed by atoms with Crippen molar-refractivity contribution in [3.63, 3.8) is 0 Å². The van der Waals surface area contributed by atoms with E-state index in [1.807, 2.05) is 36.1 Å². The van der Waals surface area contributed by atoms with Crippen LogP contribution in [0.1, 0.15) is 31.1 Å². The number of halogens is 1. The number of carbonyl (C=O) groups is 1. The van der Waals surface area contributed by atoms with Gasteiger partial charge in [0, 0.05) is 22.2 Å². The largest absolute Gasteiger partial charge is 0.338 e. The summed E-state index contributed by atoms with van der Waals surface area (Å²) in [5.74, 6) is 0.0791. The summed E-state index contributed by atoms with van der Waals surface area (Å²) in [5.41, 5.74) is 6.42. The second-order valence-electron chi connectivity index (χ2n) is 5.19. The van der Waals surface area contributed by atoms with Crippen molar-refractivity contribution in [1.29, 1.82) is 0 Å². The minimum absolute atomic E-state index is 0.0468. The molecule has 0 saturated carbocycles. The van der Waals surface area contributed by atoms with Crippen LogP contribution in [0.15, 0.2) is 24.3 Å². The summed E-state index contributed by atoms with van der Waals surface area (Å²) in [6.07, 6.45) is 0. The zero-order valence-corrected chi connectivity index (χ0v) is 13.4. The lowest BCUT2D eigenvalue weighted by Crippen LogP contribution is -2.41. The topological polar surface area (TPSA) is 46.3 Å². The Kier molecular flexibility index (Phi) is 5.59. The molecule has 2 N–H and O–H groups in total. The monoisotopic (exact) mass is 360 g/mol. The van der Waals surface area contributed by atoms with Crippen LogP contribution in [0.5, 0.6) is 0 Å². The molecule has 0 aliphatic carbocycles. The minimum atomic E-state index is -0.0468. The van der Waals surface area contributed by atoms with Gasteiger partial charge < -0.3 is 10.6 Å². The maximum atomic E-state index is 12.4. The number of carbonyl (C=O) groups excluding carboxylic acids is 1. The molecule has 0 spiro atoms. The molecule has 0 atom stereocenters. The van der Waals surface area contributed by atoms with E-state index < -0.39 is 0 Å². The molecule has 1 aromatic rings. The fourth-order valence-electron chi connectivity index (χ4n) is 1.68. The summed E-state index contributed by atoms with van der Waals surface area (Å²) in [7, 11) is 0. The molecular formula is C14H21IN2O. The van der Waals surface area contributed by atoms with Gasteiger partial charge in [-0.2, -0.15) is 0 Å². The van der Waals surface area contributed by atoms with Gasteiger partial charge in [-0.15, -0.1) is 0 Å². The van der Waals surface area contributed by atoms with Gasteiger partial charge in [0.1, 0.15) is 0 Å². The molecule has 4 heteroatoms. The maximum Gasteiger partial charge on any atom is 0.253 e. The number of rotatable bonds is 5. The number of hydrogen-bond acceptors (Lipinski definition) is 2. The predicted molar refractivity (Wildman–Crippen MR) is 83.6 cm³/mol. The molecular weight excluding hydrogens is 339 g/mol. The molecule has 3 nitrogen and oxygen atoms in total. The van der Waals surface area contributed by atoms with E-state index in [2.05, 4.69) is 36.4 Å². The molecule has 0 aliphatic rings. The zero-order chi connectivity index (χ0) is 13.8. The van der Waals surface area contributed by atoms with Crippen molar-refractivity contribution in [3.8, 4) is 0 Å². The van der Waals surface area contributed by atoms with Gasteiger partial charge >= 0.3 is 0 Å². The quantitative estimate of drug-likeness (QED) is 0.821. The van der Waals surface area contributed by atoms with Gasteiger partial charge in [0.05, 0.1) is 0 Å². The van der Waals surface area contributed by atoms with Crippen LogP contribution in [0, 0.1) is 8.99 Å². The first-order valence-corrected chi connectivity index (χ1v) is 7.22. The van der Waals surface area contributed by atoms with Gasteiger partial charge in [-0.25, -0.2) is 0 Å². The number of nitrogens with zero attached hydrogens (tertiary/aromatic N) is 1. The molecule has 1 amide bonds. The Morgan fingerprint density at radius 2 is 1.89 bits per heavy atom. The number of nitrogens with two attached hydrogens (primary N) is 1. The highest BCUT2D eigenvalue weighted by Gasteiger charge is 2.23. The van der Waals surface area contributed by atoms with Crippen molar-refractivity contribution in [3.05, 3.63) is 33.4 Å². The van der Waals surface area contributed by atoms with Crippen LogP contribution in [0.3, 0.4) is 0 Å². The number of hydrogen-bond donors (Lipinski definition) is 1. The lowest BCUT2D eigenvalue weighted by molar-refractivity contribution is 0.0701. The average molecular weight is 360 g/mol. The summed E-state index contributed by atoms with van der Waals surface area (Å²) in [6, 6.07) is 7.66. The van der Waals surface area contributed by atoms with Crippen molar-refractivity contribution >= 4 is 28.5 Å². The van der Waals surface area contributed by atoms with Crippen molar-refractivity contribution in [2.24, 2.45) is 11.1 Å². The summed E-state index contributed by atoms with van der Waals surface area (Å²) in [4.78, 5) is 14.2. The summed E-state index contributed by atoms with van der Waals surface area (Å²) in [6.45, 7) is 8.12. The Bertz CT molecular complexity index is 401. The van der Waals surface area contributed by atoms with E-state index in [4.69, 9.17) is 5.73 Å². The second kappa shape index (κ2) is 6.52. The van der Waals surface area contributed by atoms with E-state index in [1.165, 1.54) is 0 Å². The number of amides is 1. The minimum Gasteiger partial charge on any atom is -0.338 e. The van der Waals surface area contributed by atoms with Crippen LogP contribution >= 0.6 is 22.6 Å². The Morgan fingerprint density at radius 1 is 1.33 bits per heavy atom. The molecule has 0 bridgehead atoms. The molecule has 100 valence electrons. The Hall–Kier alpha value is -0.620. The van der Waals surface area contributed by atoms with Crippen LogP contribution in [-0.2, 0) is 0 Å². The van der Waals surface area contributed by atoms with E-state index in [0.29, 0.717) is 19.6 Å².